The Labute approximate surface area is 154 Å². The van der Waals surface area contributed by atoms with E-state index in [2.05, 4.69) is 5.73 Å². The van der Waals surface area contributed by atoms with Gasteiger partial charge >= 0.3 is 0 Å². The maximum atomic E-state index is 13.2. The fourth-order valence-corrected chi connectivity index (χ4v) is 3.69. The van der Waals surface area contributed by atoms with Gasteiger partial charge in [-0.25, -0.2) is 8.42 Å². The van der Waals surface area contributed by atoms with Crippen LogP contribution in [0.5, 0.6) is 0 Å². The van der Waals surface area contributed by atoms with Crippen LogP contribution in [0.25, 0.3) is 0 Å². The van der Waals surface area contributed by atoms with Crippen LogP contribution in [-0.2, 0) is 14.8 Å². The summed E-state index contributed by atoms with van der Waals surface area (Å²) in [5, 5.41) is 0. The summed E-state index contributed by atoms with van der Waals surface area (Å²) in [7, 11) is -3.98. The highest BCUT2D eigenvalue weighted by Gasteiger charge is 2.30. The van der Waals surface area contributed by atoms with Crippen LogP contribution in [0.2, 0.25) is 0 Å². The van der Waals surface area contributed by atoms with E-state index in [0.29, 0.717) is 6.29 Å². The summed E-state index contributed by atoms with van der Waals surface area (Å²) >= 11 is 0. The Hall–Kier alpha value is -1.68. The van der Waals surface area contributed by atoms with Crippen molar-refractivity contribution in [2.75, 3.05) is 13.1 Å². The van der Waals surface area contributed by atoms with Crippen molar-refractivity contribution in [1.82, 2.24) is 4.31 Å². The van der Waals surface area contributed by atoms with Crippen molar-refractivity contribution in [3.63, 3.8) is 0 Å². The highest BCUT2D eigenvalue weighted by atomic mass is 32.2. The first kappa shape index (κ1) is 12.6. The predicted octanol–water partition coefficient (Wildman–Crippen LogP) is 3.72. The summed E-state index contributed by atoms with van der Waals surface area (Å²) < 4.78 is 71.7. The summed E-state index contributed by atoms with van der Waals surface area (Å²) in [4.78, 5) is 11.0. The fourth-order valence-electron chi connectivity index (χ4n) is 2.12. The van der Waals surface area contributed by atoms with Gasteiger partial charge in [0.15, 0.2) is 0 Å². The van der Waals surface area contributed by atoms with Crippen molar-refractivity contribution < 1.29 is 21.4 Å². The lowest BCUT2D eigenvalue weighted by Gasteiger charge is -2.30. The molecule has 0 saturated carbocycles. The van der Waals surface area contributed by atoms with Crippen LogP contribution in [0.3, 0.4) is 0 Å². The third kappa shape index (κ3) is 6.08. The molecule has 0 amide bonds. The molecule has 0 aliphatic heterocycles. The van der Waals surface area contributed by atoms with Gasteiger partial charge in [-0.05, 0) is 49.8 Å². The SMILES string of the molecule is [2H]C([2H])([2H])C(=C=CCN(CC(C)(C)CC=O)S(=O)(=O)c1ccc(C)cc1)C([2H])([2H])[2H]. The van der Waals surface area contributed by atoms with Gasteiger partial charge in [0.2, 0.25) is 10.0 Å². The number of rotatable bonds is 8. The van der Waals surface area contributed by atoms with Gasteiger partial charge in [0.25, 0.3) is 0 Å². The lowest BCUT2D eigenvalue weighted by atomic mass is 9.90. The molecule has 132 valence electrons. The van der Waals surface area contributed by atoms with E-state index in [0.717, 1.165) is 15.9 Å². The van der Waals surface area contributed by atoms with E-state index in [1.54, 1.807) is 26.0 Å². The van der Waals surface area contributed by atoms with Gasteiger partial charge in [0.1, 0.15) is 6.29 Å². The number of sulfonamides is 1. The molecule has 0 radical (unpaired) electrons. The summed E-state index contributed by atoms with van der Waals surface area (Å²) in [6.45, 7) is -0.826. The monoisotopic (exact) mass is 355 g/mol. The van der Waals surface area contributed by atoms with Crippen LogP contribution in [0.15, 0.2) is 46.5 Å². The van der Waals surface area contributed by atoms with Crippen molar-refractivity contribution >= 4 is 16.3 Å². The van der Waals surface area contributed by atoms with Crippen LogP contribution in [0.1, 0.15) is 47.8 Å². The van der Waals surface area contributed by atoms with E-state index in [1.807, 2.05) is 6.92 Å². The zero-order valence-corrected chi connectivity index (χ0v) is 15.0. The van der Waals surface area contributed by atoms with Gasteiger partial charge in [-0.3, -0.25) is 0 Å². The maximum Gasteiger partial charge on any atom is 0.243 e. The van der Waals surface area contributed by atoms with Crippen LogP contribution in [0, 0.1) is 12.3 Å². The van der Waals surface area contributed by atoms with Gasteiger partial charge in [-0.2, -0.15) is 4.31 Å². The summed E-state index contributed by atoms with van der Waals surface area (Å²) in [6.07, 6.45) is 1.91. The third-order valence-electron chi connectivity index (χ3n) is 3.44. The lowest BCUT2D eigenvalue weighted by Crippen LogP contribution is -2.39. The first-order valence-corrected chi connectivity index (χ1v) is 8.91. The van der Waals surface area contributed by atoms with Gasteiger partial charge in [0.05, 0.1) is 4.90 Å². The van der Waals surface area contributed by atoms with Crippen molar-refractivity contribution in [3.8, 4) is 0 Å². The molecule has 0 heterocycles. The van der Waals surface area contributed by atoms with Gasteiger partial charge in [0, 0.05) is 27.7 Å². The number of nitrogens with zero attached hydrogens (tertiary/aromatic N) is 1. The largest absolute Gasteiger partial charge is 0.303 e. The number of benzene rings is 1. The van der Waals surface area contributed by atoms with Crippen LogP contribution >= 0.6 is 0 Å². The number of carbonyl (C=O) groups excluding carboxylic acids is 1. The Kier molecular flexibility index (Phi) is 4.44. The van der Waals surface area contributed by atoms with Gasteiger partial charge in [-0.1, -0.05) is 31.5 Å². The molecule has 1 aromatic carbocycles. The molecule has 4 nitrogen and oxygen atoms in total. The smallest absolute Gasteiger partial charge is 0.243 e. The molecule has 0 aromatic heterocycles. The first-order chi connectivity index (χ1) is 13.5. The second-order valence-corrected chi connectivity index (χ2v) is 8.31. The number of aryl methyl sites for hydroxylation is 1. The average Bonchev–Trinajstić information content (AvgIpc) is 2.55. The standard InChI is InChI=1S/C19H27NO3S/c1-16(2)7-6-13-20(15-19(4,5)12-14-21)24(22,23)18-10-8-17(3)9-11-18/h6,8-11,14H,12-13,15H2,1-5H3/i1D3,2D3. The minimum Gasteiger partial charge on any atom is -0.303 e. The molecule has 24 heavy (non-hydrogen) atoms. The van der Waals surface area contributed by atoms with E-state index in [1.165, 1.54) is 12.1 Å². The molecule has 0 aliphatic rings. The summed E-state index contributed by atoms with van der Waals surface area (Å²) in [5.74, 6) is 0. The van der Waals surface area contributed by atoms with Gasteiger partial charge < -0.3 is 4.79 Å². The molecule has 0 spiro atoms. The normalized spacial score (nSPS) is 16.7. The van der Waals surface area contributed by atoms with E-state index < -0.39 is 34.7 Å². The van der Waals surface area contributed by atoms with E-state index in [9.17, 15) is 13.2 Å². The molecule has 0 saturated heterocycles. The topological polar surface area (TPSA) is 54.5 Å². The third-order valence-corrected chi connectivity index (χ3v) is 5.27. The zero-order valence-electron chi connectivity index (χ0n) is 20.2. The molecular weight excluding hydrogens is 322 g/mol. The Morgan fingerprint density at radius 1 is 1.29 bits per heavy atom. The second kappa shape index (κ2) is 8.43. The molecule has 0 atom stereocenters. The first-order valence-electron chi connectivity index (χ1n) is 10.5. The van der Waals surface area contributed by atoms with Crippen LogP contribution in [0.4, 0.5) is 0 Å². The predicted molar refractivity (Wildman–Crippen MR) is 97.3 cm³/mol. The number of aldehydes is 1. The molecule has 0 bridgehead atoms. The molecule has 5 heteroatoms. The van der Waals surface area contributed by atoms with E-state index in [4.69, 9.17) is 8.22 Å². The van der Waals surface area contributed by atoms with Gasteiger partial charge in [-0.15, -0.1) is 5.73 Å². The lowest BCUT2D eigenvalue weighted by molar-refractivity contribution is -0.109. The maximum absolute atomic E-state index is 13.2. The van der Waals surface area contributed by atoms with Crippen LogP contribution < -0.4 is 0 Å². The van der Waals surface area contributed by atoms with Crippen molar-refractivity contribution in [2.24, 2.45) is 5.41 Å². The van der Waals surface area contributed by atoms with Crippen LogP contribution in [-0.4, -0.2) is 32.1 Å². The Morgan fingerprint density at radius 3 is 2.46 bits per heavy atom. The van der Waals surface area contributed by atoms with Crippen molar-refractivity contribution in [1.29, 1.82) is 0 Å². The quantitative estimate of drug-likeness (QED) is 0.527. The minimum atomic E-state index is -3.98. The molecule has 0 unspecified atom stereocenters. The molecule has 1 aromatic rings. The summed E-state index contributed by atoms with van der Waals surface area (Å²) in [5.41, 5.74) is 1.60. The zero-order chi connectivity index (χ0) is 23.4. The summed E-state index contributed by atoms with van der Waals surface area (Å²) in [6, 6.07) is 6.22. The highest BCUT2D eigenvalue weighted by Crippen LogP contribution is 2.25. The second-order valence-electron chi connectivity index (χ2n) is 6.37. The number of hydrogen-bond donors (Lipinski definition) is 0. The van der Waals surface area contributed by atoms with Crippen molar-refractivity contribution in [3.05, 3.63) is 47.2 Å². The van der Waals surface area contributed by atoms with E-state index >= 15 is 0 Å². The molecule has 0 N–H and O–H groups in total. The Balaban J connectivity index is 3.43. The molecule has 1 rings (SSSR count). The Morgan fingerprint density at radius 2 is 1.92 bits per heavy atom. The highest BCUT2D eigenvalue weighted by molar-refractivity contribution is 7.89. The molecule has 0 fully saturated rings. The molecular formula is C19H27NO3S. The Bertz CT molecular complexity index is 893. The fraction of sp³-hybridized carbons (Fsp3) is 0.474. The minimum absolute atomic E-state index is 0.0308. The van der Waals surface area contributed by atoms with E-state index in [-0.39, 0.29) is 24.4 Å². The number of hydrogen-bond acceptors (Lipinski definition) is 3. The van der Waals surface area contributed by atoms with Crippen molar-refractivity contribution in [2.45, 2.75) is 45.8 Å². The average molecular weight is 356 g/mol. The number of carbonyl (C=O) groups is 1. The molecule has 0 aliphatic carbocycles.